The maximum atomic E-state index is 6.09. The van der Waals surface area contributed by atoms with Crippen LogP contribution in [-0.2, 0) is 4.74 Å². The molecule has 21 heavy (non-hydrogen) atoms. The quantitative estimate of drug-likeness (QED) is 0.822. The Morgan fingerprint density at radius 1 is 1.29 bits per heavy atom. The zero-order valence-electron chi connectivity index (χ0n) is 14.3. The summed E-state index contributed by atoms with van der Waals surface area (Å²) >= 11 is 0. The normalized spacial score (nSPS) is 19.1. The van der Waals surface area contributed by atoms with Crippen molar-refractivity contribution >= 4 is 0 Å². The standard InChI is InChI=1S/C19H31NO/c1-6-21-18(19(2,3)4)17(20-5)16-12-8-11-15(13-16)14-9-7-10-14/h8,11-14,17-18,20H,6-7,9-10H2,1-5H3. The summed E-state index contributed by atoms with van der Waals surface area (Å²) < 4.78 is 6.09. The summed E-state index contributed by atoms with van der Waals surface area (Å²) in [5.74, 6) is 0.780. The summed E-state index contributed by atoms with van der Waals surface area (Å²) in [6.45, 7) is 9.60. The molecule has 118 valence electrons. The molecule has 1 aliphatic rings. The lowest BCUT2D eigenvalue weighted by Crippen LogP contribution is -2.41. The van der Waals surface area contributed by atoms with Crippen LogP contribution in [0.25, 0.3) is 0 Å². The van der Waals surface area contributed by atoms with Crippen LogP contribution in [0.5, 0.6) is 0 Å². The molecule has 1 aromatic rings. The van der Waals surface area contributed by atoms with Crippen LogP contribution in [0.15, 0.2) is 24.3 Å². The van der Waals surface area contributed by atoms with Crippen LogP contribution in [0.1, 0.15) is 70.0 Å². The van der Waals surface area contributed by atoms with Crippen LogP contribution in [0, 0.1) is 5.41 Å². The molecule has 0 heterocycles. The molecule has 2 heteroatoms. The van der Waals surface area contributed by atoms with Gasteiger partial charge < -0.3 is 10.1 Å². The minimum Gasteiger partial charge on any atom is -0.376 e. The van der Waals surface area contributed by atoms with Gasteiger partial charge in [0.25, 0.3) is 0 Å². The van der Waals surface area contributed by atoms with Crippen molar-refractivity contribution in [3.05, 3.63) is 35.4 Å². The Kier molecular flexibility index (Phi) is 5.45. The first kappa shape index (κ1) is 16.5. The Bertz CT molecular complexity index is 445. The van der Waals surface area contributed by atoms with Gasteiger partial charge in [-0.3, -0.25) is 0 Å². The average molecular weight is 289 g/mol. The Labute approximate surface area is 130 Å². The molecular weight excluding hydrogens is 258 g/mol. The highest BCUT2D eigenvalue weighted by molar-refractivity contribution is 5.30. The van der Waals surface area contributed by atoms with Crippen LogP contribution in [0.4, 0.5) is 0 Å². The predicted molar refractivity (Wildman–Crippen MR) is 89.7 cm³/mol. The Balaban J connectivity index is 2.26. The molecule has 1 aliphatic carbocycles. The maximum absolute atomic E-state index is 6.09. The van der Waals surface area contributed by atoms with Gasteiger partial charge in [0.1, 0.15) is 0 Å². The Morgan fingerprint density at radius 2 is 2.00 bits per heavy atom. The fourth-order valence-electron chi connectivity index (χ4n) is 3.27. The summed E-state index contributed by atoms with van der Waals surface area (Å²) in [5.41, 5.74) is 2.97. The summed E-state index contributed by atoms with van der Waals surface area (Å²) in [6.07, 6.45) is 4.25. The van der Waals surface area contributed by atoms with E-state index in [9.17, 15) is 0 Å². The fraction of sp³-hybridized carbons (Fsp3) is 0.684. The van der Waals surface area contributed by atoms with Crippen LogP contribution in [0.2, 0.25) is 0 Å². The van der Waals surface area contributed by atoms with Crippen molar-refractivity contribution in [2.75, 3.05) is 13.7 Å². The van der Waals surface area contributed by atoms with Gasteiger partial charge in [0.2, 0.25) is 0 Å². The van der Waals surface area contributed by atoms with Crippen LogP contribution in [0.3, 0.4) is 0 Å². The molecule has 0 aliphatic heterocycles. The first-order valence-electron chi connectivity index (χ1n) is 8.36. The van der Waals surface area contributed by atoms with Gasteiger partial charge in [-0.25, -0.2) is 0 Å². The molecule has 0 saturated heterocycles. The zero-order chi connectivity index (χ0) is 15.5. The molecule has 1 aromatic carbocycles. The number of likely N-dealkylation sites (N-methyl/N-ethyl adjacent to an activating group) is 1. The van der Waals surface area contributed by atoms with Crippen LogP contribution >= 0.6 is 0 Å². The van der Waals surface area contributed by atoms with E-state index in [4.69, 9.17) is 4.74 Å². The van der Waals surface area contributed by atoms with Gasteiger partial charge in [0, 0.05) is 6.61 Å². The molecule has 2 nitrogen and oxygen atoms in total. The molecule has 0 aromatic heterocycles. The second-order valence-electron chi connectivity index (χ2n) is 7.31. The monoisotopic (exact) mass is 289 g/mol. The van der Waals surface area contributed by atoms with Gasteiger partial charge in [0.15, 0.2) is 0 Å². The van der Waals surface area contributed by atoms with E-state index >= 15 is 0 Å². The molecular formula is C19H31NO. The summed E-state index contributed by atoms with van der Waals surface area (Å²) in [6, 6.07) is 9.36. The second-order valence-corrected chi connectivity index (χ2v) is 7.31. The lowest BCUT2D eigenvalue weighted by Gasteiger charge is -2.37. The Hall–Kier alpha value is -0.860. The molecule has 0 amide bonds. The maximum Gasteiger partial charge on any atom is 0.0817 e. The summed E-state index contributed by atoms with van der Waals surface area (Å²) in [7, 11) is 2.04. The number of ether oxygens (including phenoxy) is 1. The van der Waals surface area contributed by atoms with Gasteiger partial charge in [-0.1, -0.05) is 51.5 Å². The highest BCUT2D eigenvalue weighted by Gasteiger charge is 2.33. The van der Waals surface area contributed by atoms with Crippen molar-refractivity contribution in [2.24, 2.45) is 5.41 Å². The molecule has 2 unspecified atom stereocenters. The van der Waals surface area contributed by atoms with Crippen molar-refractivity contribution in [3.63, 3.8) is 0 Å². The van der Waals surface area contributed by atoms with Crippen molar-refractivity contribution in [1.29, 1.82) is 0 Å². The van der Waals surface area contributed by atoms with Gasteiger partial charge >= 0.3 is 0 Å². The first-order valence-corrected chi connectivity index (χ1v) is 8.36. The number of nitrogens with one attached hydrogen (secondary N) is 1. The smallest absolute Gasteiger partial charge is 0.0817 e. The first-order chi connectivity index (χ1) is 9.97. The van der Waals surface area contributed by atoms with Crippen LogP contribution < -0.4 is 5.32 Å². The second kappa shape index (κ2) is 6.93. The third-order valence-electron chi connectivity index (χ3n) is 4.66. The molecule has 1 fully saturated rings. The zero-order valence-corrected chi connectivity index (χ0v) is 14.3. The van der Waals surface area contributed by atoms with E-state index in [0.717, 1.165) is 12.5 Å². The third kappa shape index (κ3) is 3.87. The number of rotatable bonds is 6. The summed E-state index contributed by atoms with van der Waals surface area (Å²) in [4.78, 5) is 0. The summed E-state index contributed by atoms with van der Waals surface area (Å²) in [5, 5.41) is 3.49. The van der Waals surface area contributed by atoms with Gasteiger partial charge in [-0.05, 0) is 49.3 Å². The lowest BCUT2D eigenvalue weighted by molar-refractivity contribution is -0.0351. The largest absolute Gasteiger partial charge is 0.376 e. The van der Waals surface area contributed by atoms with E-state index in [2.05, 4.69) is 57.3 Å². The minimum absolute atomic E-state index is 0.107. The van der Waals surface area contributed by atoms with E-state index in [1.165, 1.54) is 30.4 Å². The van der Waals surface area contributed by atoms with E-state index in [1.54, 1.807) is 0 Å². The number of hydrogen-bond donors (Lipinski definition) is 1. The molecule has 2 rings (SSSR count). The van der Waals surface area contributed by atoms with Gasteiger partial charge in [0.05, 0.1) is 12.1 Å². The van der Waals surface area contributed by atoms with E-state index in [1.807, 2.05) is 7.05 Å². The lowest BCUT2D eigenvalue weighted by atomic mass is 9.78. The molecule has 0 bridgehead atoms. The highest BCUT2D eigenvalue weighted by atomic mass is 16.5. The number of benzene rings is 1. The molecule has 2 atom stereocenters. The molecule has 1 saturated carbocycles. The minimum atomic E-state index is 0.107. The topological polar surface area (TPSA) is 21.3 Å². The highest BCUT2D eigenvalue weighted by Crippen LogP contribution is 2.38. The Morgan fingerprint density at radius 3 is 2.48 bits per heavy atom. The molecule has 0 radical (unpaired) electrons. The van der Waals surface area contributed by atoms with E-state index < -0.39 is 0 Å². The third-order valence-corrected chi connectivity index (χ3v) is 4.66. The molecule has 0 spiro atoms. The van der Waals surface area contributed by atoms with Crippen molar-refractivity contribution in [1.82, 2.24) is 5.32 Å². The van der Waals surface area contributed by atoms with Crippen LogP contribution in [-0.4, -0.2) is 19.8 Å². The van der Waals surface area contributed by atoms with Crippen molar-refractivity contribution in [3.8, 4) is 0 Å². The average Bonchev–Trinajstić information content (AvgIpc) is 2.36. The van der Waals surface area contributed by atoms with E-state index in [0.29, 0.717) is 0 Å². The molecule has 1 N–H and O–H groups in total. The SMILES string of the molecule is CCOC(C(NC)c1cccc(C2CCC2)c1)C(C)(C)C. The number of hydrogen-bond acceptors (Lipinski definition) is 2. The van der Waals surface area contributed by atoms with Gasteiger partial charge in [-0.2, -0.15) is 0 Å². The fourth-order valence-corrected chi connectivity index (χ4v) is 3.27. The van der Waals surface area contributed by atoms with Crippen molar-refractivity contribution in [2.45, 2.75) is 65.0 Å². The van der Waals surface area contributed by atoms with Gasteiger partial charge in [-0.15, -0.1) is 0 Å². The van der Waals surface area contributed by atoms with Crippen molar-refractivity contribution < 1.29 is 4.74 Å². The predicted octanol–water partition coefficient (Wildman–Crippen LogP) is 4.67. The van der Waals surface area contributed by atoms with E-state index in [-0.39, 0.29) is 17.6 Å².